The summed E-state index contributed by atoms with van der Waals surface area (Å²) in [6.07, 6.45) is 0. The van der Waals surface area contributed by atoms with Crippen molar-refractivity contribution in [2.24, 2.45) is 16.5 Å². The Morgan fingerprint density at radius 3 is 2.24 bits per heavy atom. The van der Waals surface area contributed by atoms with Gasteiger partial charge in [-0.2, -0.15) is 4.98 Å². The van der Waals surface area contributed by atoms with Crippen molar-refractivity contribution in [3.05, 3.63) is 86.7 Å². The zero-order valence-corrected chi connectivity index (χ0v) is 18.2. The molecule has 0 unspecified atom stereocenters. The summed E-state index contributed by atoms with van der Waals surface area (Å²) in [4.78, 5) is 45.2. The highest BCUT2D eigenvalue weighted by Gasteiger charge is 2.14. The third-order valence-corrected chi connectivity index (χ3v) is 4.64. The summed E-state index contributed by atoms with van der Waals surface area (Å²) < 4.78 is 2.47. The van der Waals surface area contributed by atoms with Crippen molar-refractivity contribution in [1.29, 1.82) is 0 Å². The van der Waals surface area contributed by atoms with Gasteiger partial charge in [-0.1, -0.05) is 42.5 Å². The summed E-state index contributed by atoms with van der Waals surface area (Å²) in [6, 6.07) is 16.2. The zero-order chi connectivity index (χ0) is 23.8. The molecule has 1 aromatic heterocycles. The Balaban J connectivity index is 1.95. The molecule has 0 aliphatic carbocycles. The summed E-state index contributed by atoms with van der Waals surface area (Å²) in [7, 11) is 0. The topological polar surface area (TPSA) is 162 Å². The van der Waals surface area contributed by atoms with Crippen LogP contribution in [0, 0.1) is 0 Å². The molecular formula is C22H26N8O3. The number of anilines is 2. The number of nitrogens with two attached hydrogens (primary N) is 2. The van der Waals surface area contributed by atoms with Gasteiger partial charge >= 0.3 is 11.4 Å². The summed E-state index contributed by atoms with van der Waals surface area (Å²) in [5, 5.41) is 5.66. The third-order valence-electron chi connectivity index (χ3n) is 4.64. The van der Waals surface area contributed by atoms with Gasteiger partial charge in [-0.25, -0.2) is 14.2 Å². The van der Waals surface area contributed by atoms with Crippen LogP contribution in [-0.4, -0.2) is 39.1 Å². The fourth-order valence-corrected chi connectivity index (χ4v) is 3.14. The van der Waals surface area contributed by atoms with E-state index in [4.69, 9.17) is 11.5 Å². The lowest BCUT2D eigenvalue weighted by Gasteiger charge is -2.15. The minimum atomic E-state index is -0.662. The van der Waals surface area contributed by atoms with E-state index in [1.807, 2.05) is 30.3 Å². The number of aliphatic imine (C=N–C) groups is 1. The van der Waals surface area contributed by atoms with Gasteiger partial charge in [-0.05, 0) is 23.3 Å². The molecule has 3 rings (SSSR count). The normalized spacial score (nSPS) is 10.5. The molecule has 1 heterocycles. The van der Waals surface area contributed by atoms with Gasteiger partial charge in [0.15, 0.2) is 5.96 Å². The van der Waals surface area contributed by atoms with E-state index < -0.39 is 11.4 Å². The largest absolute Gasteiger partial charge is 0.370 e. The number of carbonyl (C=O) groups excluding carboxylic acids is 1. The van der Waals surface area contributed by atoms with Gasteiger partial charge in [0.2, 0.25) is 11.9 Å². The first-order valence-corrected chi connectivity index (χ1v) is 10.2. The van der Waals surface area contributed by atoms with Gasteiger partial charge < -0.3 is 22.1 Å². The number of benzene rings is 2. The molecular weight excluding hydrogens is 424 g/mol. The second kappa shape index (κ2) is 10.8. The highest BCUT2D eigenvalue weighted by Crippen LogP contribution is 2.12. The van der Waals surface area contributed by atoms with Crippen LogP contribution >= 0.6 is 0 Å². The second-order valence-electron chi connectivity index (χ2n) is 7.27. The predicted octanol–water partition coefficient (Wildman–Crippen LogP) is 0.145. The molecule has 0 aliphatic heterocycles. The number of aromatic nitrogens is 3. The molecule has 0 saturated heterocycles. The number of rotatable bonds is 9. The smallest absolute Gasteiger partial charge is 0.355 e. The number of nitrogens with zero attached hydrogens (tertiary/aromatic N) is 4. The lowest BCUT2D eigenvalue weighted by atomic mass is 10.2. The maximum atomic E-state index is 13.3. The van der Waals surface area contributed by atoms with Crippen LogP contribution < -0.4 is 33.5 Å². The maximum absolute atomic E-state index is 13.3. The van der Waals surface area contributed by atoms with Crippen molar-refractivity contribution in [3.8, 4) is 0 Å². The van der Waals surface area contributed by atoms with Gasteiger partial charge in [0.1, 0.15) is 0 Å². The Kier molecular flexibility index (Phi) is 7.58. The predicted molar refractivity (Wildman–Crippen MR) is 127 cm³/mol. The molecule has 0 saturated carbocycles. The van der Waals surface area contributed by atoms with Crippen LogP contribution in [0.3, 0.4) is 0 Å². The van der Waals surface area contributed by atoms with E-state index in [-0.39, 0.29) is 44.0 Å². The quantitative estimate of drug-likeness (QED) is 0.205. The van der Waals surface area contributed by atoms with Crippen molar-refractivity contribution in [2.45, 2.75) is 20.0 Å². The Labute approximate surface area is 189 Å². The van der Waals surface area contributed by atoms with E-state index in [2.05, 4.69) is 20.6 Å². The Morgan fingerprint density at radius 1 is 0.970 bits per heavy atom. The molecule has 172 valence electrons. The van der Waals surface area contributed by atoms with Crippen LogP contribution in [0.15, 0.2) is 69.2 Å². The van der Waals surface area contributed by atoms with E-state index in [1.54, 1.807) is 24.3 Å². The van der Waals surface area contributed by atoms with Crippen LogP contribution in [0.1, 0.15) is 18.1 Å². The molecule has 0 aliphatic rings. The minimum Gasteiger partial charge on any atom is -0.370 e. The first-order chi connectivity index (χ1) is 15.8. The molecule has 0 radical (unpaired) electrons. The maximum Gasteiger partial charge on any atom is 0.355 e. The number of hydrogen-bond donors (Lipinski definition) is 4. The molecule has 11 nitrogen and oxygen atoms in total. The first-order valence-electron chi connectivity index (χ1n) is 10.2. The van der Waals surface area contributed by atoms with Crippen LogP contribution in [0.5, 0.6) is 0 Å². The SMILES string of the molecule is CC(=O)Nc1ccc(Cn2c(NCCN=C(N)N)nc(=O)n(Cc3ccccc3)c2=O)cc1. The Hall–Kier alpha value is -4.41. The second-order valence-corrected chi connectivity index (χ2v) is 7.27. The van der Waals surface area contributed by atoms with Crippen molar-refractivity contribution in [2.75, 3.05) is 23.7 Å². The monoisotopic (exact) mass is 450 g/mol. The third kappa shape index (κ3) is 6.53. The highest BCUT2D eigenvalue weighted by atomic mass is 16.2. The number of guanidine groups is 1. The lowest BCUT2D eigenvalue weighted by molar-refractivity contribution is -0.114. The van der Waals surface area contributed by atoms with Crippen molar-refractivity contribution >= 4 is 23.5 Å². The first kappa shape index (κ1) is 23.3. The molecule has 0 spiro atoms. The lowest BCUT2D eigenvalue weighted by Crippen LogP contribution is -2.43. The summed E-state index contributed by atoms with van der Waals surface area (Å²) in [6.45, 7) is 2.20. The summed E-state index contributed by atoms with van der Waals surface area (Å²) >= 11 is 0. The summed E-state index contributed by atoms with van der Waals surface area (Å²) in [5.41, 5.74) is 11.7. The number of amides is 1. The van der Waals surface area contributed by atoms with Crippen LogP contribution in [0.25, 0.3) is 0 Å². The van der Waals surface area contributed by atoms with Crippen LogP contribution in [-0.2, 0) is 17.9 Å². The van der Waals surface area contributed by atoms with Gasteiger partial charge in [-0.15, -0.1) is 0 Å². The van der Waals surface area contributed by atoms with E-state index in [0.717, 1.165) is 15.7 Å². The molecule has 6 N–H and O–H groups in total. The number of nitrogens with one attached hydrogen (secondary N) is 2. The van der Waals surface area contributed by atoms with Crippen molar-refractivity contribution < 1.29 is 4.79 Å². The fourth-order valence-electron chi connectivity index (χ4n) is 3.14. The minimum absolute atomic E-state index is 0.0558. The molecule has 0 atom stereocenters. The van der Waals surface area contributed by atoms with Gasteiger partial charge in [0.25, 0.3) is 0 Å². The molecule has 33 heavy (non-hydrogen) atoms. The molecule has 0 fully saturated rings. The molecule has 3 aromatic rings. The van der Waals surface area contributed by atoms with E-state index in [1.165, 1.54) is 11.5 Å². The molecule has 2 aromatic carbocycles. The highest BCUT2D eigenvalue weighted by molar-refractivity contribution is 5.88. The van der Waals surface area contributed by atoms with Crippen LogP contribution in [0.4, 0.5) is 11.6 Å². The standard InChI is InChI=1S/C22H26N8O3/c1-15(31)27-18-9-7-17(8-10-18)13-29-20(26-12-11-25-19(23)24)28-21(32)30(22(29)33)14-16-5-3-2-4-6-16/h2-10H,11-14H2,1H3,(H,27,31)(H4,23,24,25)(H,26,28,32). The zero-order valence-electron chi connectivity index (χ0n) is 18.2. The molecule has 1 amide bonds. The van der Waals surface area contributed by atoms with E-state index >= 15 is 0 Å². The van der Waals surface area contributed by atoms with Crippen LogP contribution in [0.2, 0.25) is 0 Å². The van der Waals surface area contributed by atoms with E-state index in [9.17, 15) is 14.4 Å². The average Bonchev–Trinajstić information content (AvgIpc) is 2.78. The van der Waals surface area contributed by atoms with Gasteiger partial charge in [0, 0.05) is 19.2 Å². The average molecular weight is 451 g/mol. The van der Waals surface area contributed by atoms with Gasteiger partial charge in [0.05, 0.1) is 19.6 Å². The number of carbonyl (C=O) groups is 1. The Bertz CT molecular complexity index is 1240. The molecule has 0 bridgehead atoms. The summed E-state index contributed by atoms with van der Waals surface area (Å²) in [5.74, 6) is -0.117. The molecule has 11 heteroatoms. The van der Waals surface area contributed by atoms with Gasteiger partial charge in [-0.3, -0.25) is 14.4 Å². The van der Waals surface area contributed by atoms with Crippen molar-refractivity contribution in [3.63, 3.8) is 0 Å². The fraction of sp³-hybridized carbons (Fsp3) is 0.227. The van der Waals surface area contributed by atoms with E-state index in [0.29, 0.717) is 5.69 Å². The van der Waals surface area contributed by atoms with Crippen molar-refractivity contribution in [1.82, 2.24) is 14.1 Å². The number of hydrogen-bond acceptors (Lipinski definition) is 6. The Morgan fingerprint density at radius 2 is 1.61 bits per heavy atom.